The predicted octanol–water partition coefficient (Wildman–Crippen LogP) is 6.17. The molecule has 0 heterocycles. The second-order valence-electron chi connectivity index (χ2n) is 4.93. The fourth-order valence-corrected chi connectivity index (χ4v) is 2.85. The van der Waals surface area contributed by atoms with Crippen LogP contribution in [0.4, 0.5) is 0 Å². The SMILES string of the molecule is Clc1ccc(CC(Cl)CCCc2ccccc2)cc1Cl. The average molecular weight is 328 g/mol. The first-order valence-electron chi connectivity index (χ1n) is 6.77. The Labute approximate surface area is 135 Å². The van der Waals surface area contributed by atoms with E-state index in [1.165, 1.54) is 5.56 Å². The highest BCUT2D eigenvalue weighted by Gasteiger charge is 2.07. The molecule has 0 nitrogen and oxygen atoms in total. The molecule has 20 heavy (non-hydrogen) atoms. The van der Waals surface area contributed by atoms with Gasteiger partial charge in [-0.1, -0.05) is 59.6 Å². The van der Waals surface area contributed by atoms with Crippen LogP contribution in [0.15, 0.2) is 48.5 Å². The summed E-state index contributed by atoms with van der Waals surface area (Å²) in [7, 11) is 0. The molecular formula is C17H17Cl3. The molecule has 0 aliphatic rings. The quantitative estimate of drug-likeness (QED) is 0.557. The minimum atomic E-state index is 0.135. The highest BCUT2D eigenvalue weighted by atomic mass is 35.5. The molecule has 2 aromatic rings. The largest absolute Gasteiger partial charge is 0.123 e. The molecule has 0 N–H and O–H groups in total. The number of alkyl halides is 1. The van der Waals surface area contributed by atoms with Gasteiger partial charge < -0.3 is 0 Å². The van der Waals surface area contributed by atoms with Crippen LogP contribution in [0.25, 0.3) is 0 Å². The molecule has 0 spiro atoms. The van der Waals surface area contributed by atoms with Crippen molar-refractivity contribution < 1.29 is 0 Å². The number of hydrogen-bond acceptors (Lipinski definition) is 0. The maximum atomic E-state index is 6.40. The fourth-order valence-electron chi connectivity index (χ4n) is 2.20. The number of hydrogen-bond donors (Lipinski definition) is 0. The van der Waals surface area contributed by atoms with Crippen molar-refractivity contribution in [3.8, 4) is 0 Å². The van der Waals surface area contributed by atoms with Gasteiger partial charge in [-0.15, -0.1) is 11.6 Å². The van der Waals surface area contributed by atoms with Crippen molar-refractivity contribution in [3.05, 3.63) is 69.7 Å². The molecule has 0 fully saturated rings. The lowest BCUT2D eigenvalue weighted by Gasteiger charge is -2.10. The zero-order valence-corrected chi connectivity index (χ0v) is 13.4. The van der Waals surface area contributed by atoms with E-state index in [0.29, 0.717) is 10.0 Å². The summed E-state index contributed by atoms with van der Waals surface area (Å²) < 4.78 is 0. The van der Waals surface area contributed by atoms with Crippen molar-refractivity contribution in [3.63, 3.8) is 0 Å². The summed E-state index contributed by atoms with van der Waals surface area (Å²) in [4.78, 5) is 0. The van der Waals surface area contributed by atoms with Crippen LogP contribution in [-0.4, -0.2) is 5.38 Å². The molecule has 0 radical (unpaired) electrons. The molecule has 0 amide bonds. The van der Waals surface area contributed by atoms with Gasteiger partial charge in [0.2, 0.25) is 0 Å². The molecule has 0 saturated carbocycles. The van der Waals surface area contributed by atoms with E-state index in [1.54, 1.807) is 0 Å². The van der Waals surface area contributed by atoms with Gasteiger partial charge in [0.15, 0.2) is 0 Å². The molecule has 2 aromatic carbocycles. The molecule has 1 atom stereocenters. The Bertz CT molecular complexity index is 537. The van der Waals surface area contributed by atoms with Crippen molar-refractivity contribution in [2.24, 2.45) is 0 Å². The molecule has 0 aliphatic carbocycles. The molecule has 3 heteroatoms. The Morgan fingerprint density at radius 2 is 1.60 bits per heavy atom. The molecule has 106 valence electrons. The molecule has 2 rings (SSSR count). The van der Waals surface area contributed by atoms with E-state index in [1.807, 2.05) is 24.3 Å². The molecule has 1 unspecified atom stereocenters. The minimum Gasteiger partial charge on any atom is -0.123 e. The van der Waals surface area contributed by atoms with Crippen molar-refractivity contribution >= 4 is 34.8 Å². The van der Waals surface area contributed by atoms with Crippen molar-refractivity contribution in [1.29, 1.82) is 0 Å². The van der Waals surface area contributed by atoms with Gasteiger partial charge in [0.25, 0.3) is 0 Å². The summed E-state index contributed by atoms with van der Waals surface area (Å²) in [6.45, 7) is 0. The number of benzene rings is 2. The van der Waals surface area contributed by atoms with Crippen molar-refractivity contribution in [2.45, 2.75) is 31.1 Å². The Morgan fingerprint density at radius 3 is 2.30 bits per heavy atom. The van der Waals surface area contributed by atoms with Crippen molar-refractivity contribution in [2.75, 3.05) is 0 Å². The first-order valence-corrected chi connectivity index (χ1v) is 7.96. The number of aryl methyl sites for hydroxylation is 1. The second-order valence-corrected chi connectivity index (χ2v) is 6.36. The topological polar surface area (TPSA) is 0 Å². The number of rotatable bonds is 6. The van der Waals surface area contributed by atoms with Crippen LogP contribution in [0.2, 0.25) is 10.0 Å². The van der Waals surface area contributed by atoms with Crippen LogP contribution in [-0.2, 0) is 12.8 Å². The van der Waals surface area contributed by atoms with Crippen LogP contribution in [0.3, 0.4) is 0 Å². The van der Waals surface area contributed by atoms with Crippen molar-refractivity contribution in [1.82, 2.24) is 0 Å². The van der Waals surface area contributed by atoms with Gasteiger partial charge >= 0.3 is 0 Å². The molecule has 0 aliphatic heterocycles. The fraction of sp³-hybridized carbons (Fsp3) is 0.294. The Morgan fingerprint density at radius 1 is 0.850 bits per heavy atom. The second kappa shape index (κ2) is 7.93. The van der Waals surface area contributed by atoms with Gasteiger partial charge in [0.1, 0.15) is 0 Å². The Kier molecular flexibility index (Phi) is 6.22. The van der Waals surface area contributed by atoms with E-state index in [0.717, 1.165) is 31.2 Å². The standard InChI is InChI=1S/C17H17Cl3/c18-15(8-4-7-13-5-2-1-3-6-13)11-14-9-10-16(19)17(20)12-14/h1-3,5-6,9-10,12,15H,4,7-8,11H2. The van der Waals surface area contributed by atoms with E-state index < -0.39 is 0 Å². The Hall–Kier alpha value is -0.690. The van der Waals surface area contributed by atoms with Crippen LogP contribution in [0.5, 0.6) is 0 Å². The van der Waals surface area contributed by atoms with Gasteiger partial charge in [-0.3, -0.25) is 0 Å². The summed E-state index contributed by atoms with van der Waals surface area (Å²) in [6, 6.07) is 16.2. The molecule has 0 saturated heterocycles. The Balaban J connectivity index is 1.77. The lowest BCUT2D eigenvalue weighted by molar-refractivity contribution is 0.686. The highest BCUT2D eigenvalue weighted by molar-refractivity contribution is 6.42. The summed E-state index contributed by atoms with van der Waals surface area (Å²) in [6.07, 6.45) is 3.99. The van der Waals surface area contributed by atoms with Gasteiger partial charge in [-0.25, -0.2) is 0 Å². The lowest BCUT2D eigenvalue weighted by atomic mass is 10.0. The van der Waals surface area contributed by atoms with E-state index in [9.17, 15) is 0 Å². The summed E-state index contributed by atoms with van der Waals surface area (Å²) in [5.74, 6) is 0. The summed E-state index contributed by atoms with van der Waals surface area (Å²) in [5, 5.41) is 1.32. The molecular weight excluding hydrogens is 311 g/mol. The molecule has 0 bridgehead atoms. The highest BCUT2D eigenvalue weighted by Crippen LogP contribution is 2.24. The summed E-state index contributed by atoms with van der Waals surface area (Å²) >= 11 is 18.3. The van der Waals surface area contributed by atoms with Crippen LogP contribution < -0.4 is 0 Å². The first-order chi connectivity index (χ1) is 9.65. The van der Waals surface area contributed by atoms with E-state index in [-0.39, 0.29) is 5.38 Å². The summed E-state index contributed by atoms with van der Waals surface area (Å²) in [5.41, 5.74) is 2.50. The van der Waals surface area contributed by atoms with Gasteiger partial charge in [-0.05, 0) is 48.9 Å². The minimum absolute atomic E-state index is 0.135. The first kappa shape index (κ1) is 15.7. The zero-order valence-electron chi connectivity index (χ0n) is 11.2. The third-order valence-electron chi connectivity index (χ3n) is 3.27. The third-order valence-corrected chi connectivity index (χ3v) is 4.38. The van der Waals surface area contributed by atoms with Crippen LogP contribution in [0, 0.1) is 0 Å². The monoisotopic (exact) mass is 326 g/mol. The smallest absolute Gasteiger partial charge is 0.0595 e. The van der Waals surface area contributed by atoms with Crippen LogP contribution >= 0.6 is 34.8 Å². The van der Waals surface area contributed by atoms with E-state index >= 15 is 0 Å². The average Bonchev–Trinajstić information content (AvgIpc) is 2.44. The third kappa shape index (κ3) is 5.01. The zero-order chi connectivity index (χ0) is 14.4. The molecule has 0 aromatic heterocycles. The van der Waals surface area contributed by atoms with Gasteiger partial charge in [0, 0.05) is 5.38 Å². The predicted molar refractivity (Wildman–Crippen MR) is 89.2 cm³/mol. The number of halogens is 3. The van der Waals surface area contributed by atoms with Gasteiger partial charge in [-0.2, -0.15) is 0 Å². The van der Waals surface area contributed by atoms with E-state index in [2.05, 4.69) is 24.3 Å². The maximum absolute atomic E-state index is 6.40. The maximum Gasteiger partial charge on any atom is 0.0595 e. The lowest BCUT2D eigenvalue weighted by Crippen LogP contribution is -2.04. The van der Waals surface area contributed by atoms with Crippen LogP contribution in [0.1, 0.15) is 24.0 Å². The van der Waals surface area contributed by atoms with Gasteiger partial charge in [0.05, 0.1) is 10.0 Å². The van der Waals surface area contributed by atoms with E-state index in [4.69, 9.17) is 34.8 Å². The normalized spacial score (nSPS) is 12.3.